The molecular weight excluding hydrogens is 236 g/mol. The maximum absolute atomic E-state index is 12.4. The highest BCUT2D eigenvalue weighted by molar-refractivity contribution is 5.79. The van der Waals surface area contributed by atoms with Crippen molar-refractivity contribution in [2.45, 2.75) is 46.6 Å². The minimum Gasteiger partial charge on any atom is -0.340 e. The molecule has 0 aliphatic carbocycles. The Bertz CT molecular complexity index is 427. The Kier molecular flexibility index (Phi) is 6.03. The third kappa shape index (κ3) is 4.67. The molecule has 0 fully saturated rings. The fraction of sp³-hybridized carbons (Fsp3) is 0.562. The van der Waals surface area contributed by atoms with Gasteiger partial charge in [0.1, 0.15) is 0 Å². The van der Waals surface area contributed by atoms with E-state index in [-0.39, 0.29) is 11.9 Å². The summed E-state index contributed by atoms with van der Waals surface area (Å²) in [6, 6.07) is 6.49. The molecule has 19 heavy (non-hydrogen) atoms. The Morgan fingerprint density at radius 3 is 2.58 bits per heavy atom. The minimum atomic E-state index is 0.192. The molecule has 0 aliphatic rings. The van der Waals surface area contributed by atoms with Crippen molar-refractivity contribution in [2.75, 3.05) is 13.1 Å². The normalized spacial score (nSPS) is 10.8. The van der Waals surface area contributed by atoms with Gasteiger partial charge >= 0.3 is 0 Å². The largest absolute Gasteiger partial charge is 0.340 e. The van der Waals surface area contributed by atoms with Crippen molar-refractivity contribution in [1.82, 2.24) is 4.90 Å². The summed E-state index contributed by atoms with van der Waals surface area (Å²) >= 11 is 0. The first kappa shape index (κ1) is 15.7. The highest BCUT2D eigenvalue weighted by Gasteiger charge is 2.17. The summed E-state index contributed by atoms with van der Waals surface area (Å²) in [6.07, 6.45) is 1.34. The van der Waals surface area contributed by atoms with E-state index in [1.54, 1.807) is 0 Å². The fourth-order valence-corrected chi connectivity index (χ4v) is 2.19. The van der Waals surface area contributed by atoms with Gasteiger partial charge in [0.15, 0.2) is 0 Å². The van der Waals surface area contributed by atoms with Gasteiger partial charge in [-0.1, -0.05) is 23.8 Å². The third-order valence-electron chi connectivity index (χ3n) is 3.39. The fourth-order valence-electron chi connectivity index (χ4n) is 2.19. The lowest BCUT2D eigenvalue weighted by Gasteiger charge is -2.27. The summed E-state index contributed by atoms with van der Waals surface area (Å²) in [5, 5.41) is 0. The zero-order valence-electron chi connectivity index (χ0n) is 12.6. The maximum Gasteiger partial charge on any atom is 0.227 e. The zero-order chi connectivity index (χ0) is 14.4. The van der Waals surface area contributed by atoms with E-state index in [9.17, 15) is 4.79 Å². The Morgan fingerprint density at radius 2 is 2.00 bits per heavy atom. The Balaban J connectivity index is 2.78. The second kappa shape index (κ2) is 7.29. The van der Waals surface area contributed by atoms with Crippen LogP contribution >= 0.6 is 0 Å². The van der Waals surface area contributed by atoms with Crippen molar-refractivity contribution >= 4 is 5.91 Å². The molecule has 0 atom stereocenters. The Morgan fingerprint density at radius 1 is 1.32 bits per heavy atom. The Labute approximate surface area is 116 Å². The standard InChI is InChI=1S/C16H26N2O/c1-12(2)18(9-5-8-17)16(19)11-15-10-13(3)6-7-14(15)4/h6-7,10,12H,5,8-9,11,17H2,1-4H3. The van der Waals surface area contributed by atoms with Crippen LogP contribution in [0.3, 0.4) is 0 Å². The average molecular weight is 262 g/mol. The number of carbonyl (C=O) groups is 1. The van der Waals surface area contributed by atoms with Crippen LogP contribution < -0.4 is 5.73 Å². The van der Waals surface area contributed by atoms with Gasteiger partial charge in [-0.25, -0.2) is 0 Å². The minimum absolute atomic E-state index is 0.192. The van der Waals surface area contributed by atoms with Crippen LogP contribution in [-0.4, -0.2) is 29.9 Å². The summed E-state index contributed by atoms with van der Waals surface area (Å²) in [6.45, 7) is 9.59. The number of nitrogens with zero attached hydrogens (tertiary/aromatic N) is 1. The molecule has 1 aromatic carbocycles. The van der Waals surface area contributed by atoms with E-state index >= 15 is 0 Å². The molecule has 0 aromatic heterocycles. The Hall–Kier alpha value is -1.35. The summed E-state index contributed by atoms with van der Waals surface area (Å²) in [5.74, 6) is 0.192. The molecule has 0 aliphatic heterocycles. The van der Waals surface area contributed by atoms with E-state index in [0.717, 1.165) is 18.5 Å². The van der Waals surface area contributed by atoms with Crippen molar-refractivity contribution in [3.63, 3.8) is 0 Å². The summed E-state index contributed by atoms with van der Waals surface area (Å²) in [7, 11) is 0. The van der Waals surface area contributed by atoms with E-state index < -0.39 is 0 Å². The topological polar surface area (TPSA) is 46.3 Å². The number of hydrogen-bond acceptors (Lipinski definition) is 2. The molecule has 0 saturated carbocycles. The lowest BCUT2D eigenvalue weighted by molar-refractivity contribution is -0.132. The number of nitrogens with two attached hydrogens (primary N) is 1. The van der Waals surface area contributed by atoms with Gasteiger partial charge in [-0.2, -0.15) is 0 Å². The van der Waals surface area contributed by atoms with Gasteiger partial charge in [-0.15, -0.1) is 0 Å². The van der Waals surface area contributed by atoms with E-state index in [2.05, 4.69) is 45.9 Å². The summed E-state index contributed by atoms with van der Waals surface area (Å²) in [4.78, 5) is 14.3. The molecule has 0 radical (unpaired) electrons. The van der Waals surface area contributed by atoms with Gasteiger partial charge in [0, 0.05) is 12.6 Å². The van der Waals surface area contributed by atoms with Crippen molar-refractivity contribution < 1.29 is 4.79 Å². The molecule has 0 heterocycles. The predicted molar refractivity (Wildman–Crippen MR) is 80.1 cm³/mol. The summed E-state index contributed by atoms with van der Waals surface area (Å²) in [5.41, 5.74) is 9.05. The van der Waals surface area contributed by atoms with Crippen LogP contribution in [-0.2, 0) is 11.2 Å². The third-order valence-corrected chi connectivity index (χ3v) is 3.39. The first-order chi connectivity index (χ1) is 8.95. The number of carbonyl (C=O) groups excluding carboxylic acids is 1. The van der Waals surface area contributed by atoms with E-state index in [0.29, 0.717) is 13.0 Å². The van der Waals surface area contributed by atoms with Crippen LogP contribution in [0, 0.1) is 13.8 Å². The number of hydrogen-bond donors (Lipinski definition) is 1. The number of rotatable bonds is 6. The monoisotopic (exact) mass is 262 g/mol. The van der Waals surface area contributed by atoms with Crippen LogP contribution in [0.5, 0.6) is 0 Å². The lowest BCUT2D eigenvalue weighted by atomic mass is 10.0. The molecule has 0 bridgehead atoms. The van der Waals surface area contributed by atoms with Gasteiger partial charge < -0.3 is 10.6 Å². The van der Waals surface area contributed by atoms with Gasteiger partial charge in [-0.3, -0.25) is 4.79 Å². The van der Waals surface area contributed by atoms with Crippen LogP contribution in [0.15, 0.2) is 18.2 Å². The van der Waals surface area contributed by atoms with Crippen molar-refractivity contribution in [1.29, 1.82) is 0 Å². The first-order valence-corrected chi connectivity index (χ1v) is 7.01. The summed E-state index contributed by atoms with van der Waals surface area (Å²) < 4.78 is 0. The highest BCUT2D eigenvalue weighted by atomic mass is 16.2. The second-order valence-electron chi connectivity index (χ2n) is 5.43. The molecule has 0 spiro atoms. The molecule has 1 rings (SSSR count). The maximum atomic E-state index is 12.4. The van der Waals surface area contributed by atoms with Crippen molar-refractivity contribution in [3.05, 3.63) is 34.9 Å². The van der Waals surface area contributed by atoms with E-state index in [1.165, 1.54) is 11.1 Å². The van der Waals surface area contributed by atoms with Gasteiger partial charge in [0.05, 0.1) is 6.42 Å². The molecule has 106 valence electrons. The smallest absolute Gasteiger partial charge is 0.227 e. The van der Waals surface area contributed by atoms with E-state index in [1.807, 2.05) is 4.90 Å². The SMILES string of the molecule is Cc1ccc(C)c(CC(=O)N(CCCN)C(C)C)c1. The van der Waals surface area contributed by atoms with Crippen LogP contribution in [0.1, 0.15) is 37.0 Å². The highest BCUT2D eigenvalue weighted by Crippen LogP contribution is 2.13. The number of aryl methyl sites for hydroxylation is 2. The molecule has 0 saturated heterocycles. The molecule has 1 amide bonds. The number of benzene rings is 1. The predicted octanol–water partition coefficient (Wildman–Crippen LogP) is 2.43. The second-order valence-corrected chi connectivity index (χ2v) is 5.43. The molecular formula is C16H26N2O. The average Bonchev–Trinajstić information content (AvgIpc) is 2.34. The molecule has 0 unspecified atom stereocenters. The van der Waals surface area contributed by atoms with Crippen molar-refractivity contribution in [3.8, 4) is 0 Å². The van der Waals surface area contributed by atoms with Gasteiger partial charge in [0.25, 0.3) is 0 Å². The van der Waals surface area contributed by atoms with E-state index in [4.69, 9.17) is 5.73 Å². The van der Waals surface area contributed by atoms with Gasteiger partial charge in [0.2, 0.25) is 5.91 Å². The molecule has 2 N–H and O–H groups in total. The van der Waals surface area contributed by atoms with Crippen molar-refractivity contribution in [2.24, 2.45) is 5.73 Å². The molecule has 1 aromatic rings. The quantitative estimate of drug-likeness (QED) is 0.856. The van der Waals surface area contributed by atoms with Crippen LogP contribution in [0.25, 0.3) is 0 Å². The first-order valence-electron chi connectivity index (χ1n) is 7.01. The van der Waals surface area contributed by atoms with Gasteiger partial charge in [-0.05, 0) is 51.8 Å². The van der Waals surface area contributed by atoms with Crippen LogP contribution in [0.2, 0.25) is 0 Å². The van der Waals surface area contributed by atoms with Crippen LogP contribution in [0.4, 0.5) is 0 Å². The lowest BCUT2D eigenvalue weighted by Crippen LogP contribution is -2.39. The molecule has 3 heteroatoms. The zero-order valence-corrected chi connectivity index (χ0v) is 12.6. The molecule has 3 nitrogen and oxygen atoms in total. The number of amides is 1.